The van der Waals surface area contributed by atoms with Gasteiger partial charge >= 0.3 is 0 Å². The Bertz CT molecular complexity index is 522. The minimum atomic E-state index is -0.655. The molecule has 0 fully saturated rings. The second-order valence-corrected chi connectivity index (χ2v) is 5.19. The number of halogens is 1. The summed E-state index contributed by atoms with van der Waals surface area (Å²) in [5, 5.41) is 5.80. The number of hydrogen-bond acceptors (Lipinski definition) is 4. The van der Waals surface area contributed by atoms with Crippen LogP contribution in [0.5, 0.6) is 0 Å². The van der Waals surface area contributed by atoms with Crippen LogP contribution in [0.1, 0.15) is 25.0 Å². The molecule has 0 aromatic heterocycles. The molecule has 2 N–H and O–H groups in total. The quantitative estimate of drug-likeness (QED) is 0.755. The summed E-state index contributed by atoms with van der Waals surface area (Å²) in [6.07, 6.45) is -0.0248. The van der Waals surface area contributed by atoms with Crippen LogP contribution in [0.25, 0.3) is 0 Å². The second-order valence-electron chi connectivity index (χ2n) is 5.19. The minimum absolute atomic E-state index is 0.214. The highest BCUT2D eigenvalue weighted by Crippen LogP contribution is 2.24. The molecule has 1 aliphatic heterocycles. The number of anilines is 1. The van der Waals surface area contributed by atoms with Gasteiger partial charge in [0.15, 0.2) is 0 Å². The summed E-state index contributed by atoms with van der Waals surface area (Å²) in [6.45, 7) is 6.33. The lowest BCUT2D eigenvalue weighted by Gasteiger charge is -2.20. The Morgan fingerprint density at radius 2 is 2.27 bits per heavy atom. The van der Waals surface area contributed by atoms with E-state index in [9.17, 15) is 9.18 Å². The summed E-state index contributed by atoms with van der Waals surface area (Å²) < 4.78 is 24.9. The van der Waals surface area contributed by atoms with Crippen molar-refractivity contribution in [1.82, 2.24) is 5.32 Å². The van der Waals surface area contributed by atoms with Crippen LogP contribution in [-0.4, -0.2) is 38.4 Å². The van der Waals surface area contributed by atoms with E-state index in [1.165, 1.54) is 0 Å². The van der Waals surface area contributed by atoms with Crippen molar-refractivity contribution in [2.45, 2.75) is 32.9 Å². The Morgan fingerprint density at radius 1 is 1.45 bits per heavy atom. The van der Waals surface area contributed by atoms with E-state index in [0.717, 1.165) is 12.1 Å². The van der Waals surface area contributed by atoms with Crippen molar-refractivity contribution < 1.29 is 18.7 Å². The van der Waals surface area contributed by atoms with Crippen LogP contribution in [-0.2, 0) is 27.2 Å². The lowest BCUT2D eigenvalue weighted by Crippen LogP contribution is -2.30. The van der Waals surface area contributed by atoms with Gasteiger partial charge in [-0.1, -0.05) is 6.07 Å². The normalized spacial score (nSPS) is 15.2. The molecule has 1 amide bonds. The molecular weight excluding hydrogens is 287 g/mol. The fourth-order valence-corrected chi connectivity index (χ4v) is 2.37. The molecule has 0 aliphatic carbocycles. The van der Waals surface area contributed by atoms with E-state index in [1.54, 1.807) is 13.0 Å². The highest BCUT2D eigenvalue weighted by molar-refractivity contribution is 5.94. The molecule has 2 rings (SSSR count). The molecule has 22 heavy (non-hydrogen) atoms. The van der Waals surface area contributed by atoms with E-state index in [-0.39, 0.29) is 17.4 Å². The predicted octanol–water partition coefficient (Wildman–Crippen LogP) is 1.85. The first-order valence-electron chi connectivity index (χ1n) is 7.64. The zero-order chi connectivity index (χ0) is 15.9. The van der Waals surface area contributed by atoms with E-state index in [4.69, 9.17) is 9.47 Å². The first kappa shape index (κ1) is 16.9. The summed E-state index contributed by atoms with van der Waals surface area (Å²) in [7, 11) is 0. The molecule has 1 aromatic carbocycles. The van der Waals surface area contributed by atoms with Gasteiger partial charge in [0.25, 0.3) is 5.91 Å². The summed E-state index contributed by atoms with van der Waals surface area (Å²) in [6, 6.07) is 3.45. The summed E-state index contributed by atoms with van der Waals surface area (Å²) in [5.41, 5.74) is 1.84. The highest BCUT2D eigenvalue weighted by Gasteiger charge is 2.19. The van der Waals surface area contributed by atoms with Crippen molar-refractivity contribution in [3.63, 3.8) is 0 Å². The third kappa shape index (κ3) is 4.25. The van der Waals surface area contributed by atoms with Crippen LogP contribution in [0.3, 0.4) is 0 Å². The van der Waals surface area contributed by atoms with Gasteiger partial charge in [-0.25, -0.2) is 4.39 Å². The van der Waals surface area contributed by atoms with E-state index in [2.05, 4.69) is 10.6 Å². The van der Waals surface area contributed by atoms with Crippen LogP contribution in [0, 0.1) is 5.82 Å². The third-order valence-electron chi connectivity index (χ3n) is 3.63. The minimum Gasteiger partial charge on any atom is -0.379 e. The molecule has 1 heterocycles. The van der Waals surface area contributed by atoms with Crippen LogP contribution in [0.4, 0.5) is 10.1 Å². The molecule has 0 spiro atoms. The fourth-order valence-electron chi connectivity index (χ4n) is 2.37. The fraction of sp³-hybridized carbons (Fsp3) is 0.562. The van der Waals surface area contributed by atoms with Crippen LogP contribution >= 0.6 is 0 Å². The zero-order valence-electron chi connectivity index (χ0n) is 13.1. The van der Waals surface area contributed by atoms with Crippen LogP contribution in [0.2, 0.25) is 0 Å². The molecule has 6 heteroatoms. The van der Waals surface area contributed by atoms with E-state index < -0.39 is 6.10 Å². The Kier molecular flexibility index (Phi) is 6.30. The summed E-state index contributed by atoms with van der Waals surface area (Å²) in [5.74, 6) is -0.696. The van der Waals surface area contributed by atoms with Gasteiger partial charge in [0.05, 0.1) is 18.9 Å². The standard InChI is InChI=1S/C16H23FN2O3/c1-3-21-8-9-22-11(2)16(20)19-14-5-4-12-10-18-7-6-13(12)15(14)17/h4-5,11,18H,3,6-10H2,1-2H3,(H,19,20). The van der Waals surface area contributed by atoms with Gasteiger partial charge in [0, 0.05) is 13.2 Å². The molecule has 1 atom stereocenters. The highest BCUT2D eigenvalue weighted by atomic mass is 19.1. The largest absolute Gasteiger partial charge is 0.379 e. The van der Waals surface area contributed by atoms with E-state index in [1.807, 2.05) is 13.0 Å². The van der Waals surface area contributed by atoms with Gasteiger partial charge in [0.1, 0.15) is 11.9 Å². The van der Waals surface area contributed by atoms with Crippen LogP contribution in [0.15, 0.2) is 12.1 Å². The van der Waals surface area contributed by atoms with E-state index >= 15 is 0 Å². The molecule has 1 aromatic rings. The Labute approximate surface area is 130 Å². The van der Waals surface area contributed by atoms with Crippen molar-refractivity contribution in [3.8, 4) is 0 Å². The molecule has 0 saturated heterocycles. The third-order valence-corrected chi connectivity index (χ3v) is 3.63. The van der Waals surface area contributed by atoms with Crippen molar-refractivity contribution >= 4 is 11.6 Å². The number of ether oxygens (including phenoxy) is 2. The Morgan fingerprint density at radius 3 is 3.05 bits per heavy atom. The number of rotatable bonds is 7. The average Bonchev–Trinajstić information content (AvgIpc) is 2.54. The number of carbonyl (C=O) groups is 1. The lowest BCUT2D eigenvalue weighted by atomic mass is 9.99. The second kappa shape index (κ2) is 8.22. The number of amides is 1. The monoisotopic (exact) mass is 310 g/mol. The Hall–Kier alpha value is -1.50. The van der Waals surface area contributed by atoms with E-state index in [0.29, 0.717) is 38.3 Å². The van der Waals surface area contributed by atoms with Crippen molar-refractivity contribution in [3.05, 3.63) is 29.1 Å². The number of fused-ring (bicyclic) bond motifs is 1. The lowest BCUT2D eigenvalue weighted by molar-refractivity contribution is -0.127. The molecule has 5 nitrogen and oxygen atoms in total. The molecule has 1 aliphatic rings. The topological polar surface area (TPSA) is 59.6 Å². The smallest absolute Gasteiger partial charge is 0.253 e. The molecule has 0 saturated carbocycles. The first-order chi connectivity index (χ1) is 10.6. The summed E-state index contributed by atoms with van der Waals surface area (Å²) in [4.78, 5) is 12.0. The number of carbonyl (C=O) groups excluding carboxylic acids is 1. The molecular formula is C16H23FN2O3. The van der Waals surface area contributed by atoms with Gasteiger partial charge in [-0.3, -0.25) is 4.79 Å². The van der Waals surface area contributed by atoms with Gasteiger partial charge in [-0.15, -0.1) is 0 Å². The molecule has 122 valence electrons. The molecule has 0 radical (unpaired) electrons. The van der Waals surface area contributed by atoms with Gasteiger partial charge in [-0.2, -0.15) is 0 Å². The maximum absolute atomic E-state index is 14.4. The number of nitrogens with one attached hydrogen (secondary N) is 2. The average molecular weight is 310 g/mol. The predicted molar refractivity (Wildman–Crippen MR) is 82.3 cm³/mol. The van der Waals surface area contributed by atoms with Crippen molar-refractivity contribution in [2.75, 3.05) is 31.7 Å². The van der Waals surface area contributed by atoms with Gasteiger partial charge < -0.3 is 20.1 Å². The van der Waals surface area contributed by atoms with Crippen molar-refractivity contribution in [2.24, 2.45) is 0 Å². The van der Waals surface area contributed by atoms with Crippen LogP contribution < -0.4 is 10.6 Å². The maximum atomic E-state index is 14.4. The van der Waals surface area contributed by atoms with Crippen molar-refractivity contribution in [1.29, 1.82) is 0 Å². The summed E-state index contributed by atoms with van der Waals surface area (Å²) >= 11 is 0. The Balaban J connectivity index is 1.94. The SMILES string of the molecule is CCOCCOC(C)C(=O)Nc1ccc2c(c1F)CCNC2. The maximum Gasteiger partial charge on any atom is 0.253 e. The first-order valence-corrected chi connectivity index (χ1v) is 7.64. The zero-order valence-corrected chi connectivity index (χ0v) is 13.1. The molecule has 0 bridgehead atoms. The van der Waals surface area contributed by atoms with Gasteiger partial charge in [0.2, 0.25) is 0 Å². The number of hydrogen-bond donors (Lipinski definition) is 2. The molecule has 1 unspecified atom stereocenters. The number of benzene rings is 1. The van der Waals surface area contributed by atoms with Gasteiger partial charge in [-0.05, 0) is 44.0 Å².